The van der Waals surface area contributed by atoms with Gasteiger partial charge in [-0.1, -0.05) is 13.8 Å². The van der Waals surface area contributed by atoms with Gasteiger partial charge in [-0.05, 0) is 49.4 Å². The number of nitrogens with one attached hydrogen (secondary N) is 1. The number of ether oxygens (including phenoxy) is 3. The molecule has 10 nitrogen and oxygen atoms in total. The van der Waals surface area contributed by atoms with Crippen LogP contribution in [0.2, 0.25) is 0 Å². The highest BCUT2D eigenvalue weighted by atomic mass is 32.2. The van der Waals surface area contributed by atoms with Gasteiger partial charge in [0.2, 0.25) is 10.0 Å². The van der Waals surface area contributed by atoms with Crippen molar-refractivity contribution in [3.8, 4) is 11.3 Å². The molecular formula is C26H32F3N3O7S. The van der Waals surface area contributed by atoms with E-state index in [1.807, 2.05) is 13.8 Å². The number of oxazole rings is 1. The van der Waals surface area contributed by atoms with Gasteiger partial charge in [-0.2, -0.15) is 17.5 Å². The van der Waals surface area contributed by atoms with Gasteiger partial charge in [-0.3, -0.25) is 0 Å². The lowest BCUT2D eigenvalue weighted by Gasteiger charge is -2.36. The zero-order valence-corrected chi connectivity index (χ0v) is 22.9. The van der Waals surface area contributed by atoms with E-state index in [1.54, 1.807) is 0 Å². The van der Waals surface area contributed by atoms with Crippen molar-refractivity contribution < 1.29 is 45.0 Å². The average Bonchev–Trinajstić information content (AvgIpc) is 3.50. The zero-order valence-electron chi connectivity index (χ0n) is 22.1. The summed E-state index contributed by atoms with van der Waals surface area (Å²) in [7, 11) is -3.92. The van der Waals surface area contributed by atoms with Crippen LogP contribution in [0.5, 0.6) is 0 Å². The van der Waals surface area contributed by atoms with Crippen molar-refractivity contribution in [3.63, 3.8) is 0 Å². The third-order valence-electron chi connectivity index (χ3n) is 7.33. The summed E-state index contributed by atoms with van der Waals surface area (Å²) in [5.74, 6) is -0.995. The fraction of sp³-hybridized carbons (Fsp3) is 0.615. The summed E-state index contributed by atoms with van der Waals surface area (Å²) in [4.78, 5) is 15.7. The van der Waals surface area contributed by atoms with Gasteiger partial charge >= 0.3 is 18.2 Å². The summed E-state index contributed by atoms with van der Waals surface area (Å²) in [5.41, 5.74) is 0.260. The SMILES string of the molecule is CC(C)CN(CCCNC(=O)OC1C2COC3OC1CC3C2)S(=O)(=O)c1ccc(-c2cnc(C(F)(F)F)o2)cc1. The van der Waals surface area contributed by atoms with Gasteiger partial charge in [0.15, 0.2) is 12.1 Å². The maximum absolute atomic E-state index is 13.4. The van der Waals surface area contributed by atoms with E-state index in [2.05, 4.69) is 10.3 Å². The molecule has 2 aliphatic heterocycles. The lowest BCUT2D eigenvalue weighted by Crippen LogP contribution is -2.46. The van der Waals surface area contributed by atoms with Gasteiger partial charge in [0.25, 0.3) is 0 Å². The standard InChI is InChI=1S/C26H32F3N3O7S/c1-15(2)13-32(9-3-8-30-25(33)39-22-18-10-17-11-20(22)37-23(17)36-14-18)40(34,35)19-6-4-16(5-7-19)21-12-31-24(38-21)26(27,28)29/h4-7,12,15,17-18,20,22-23H,3,8-11,13-14H2,1-2H3,(H,30,33). The number of sulfonamides is 1. The zero-order chi connectivity index (χ0) is 28.7. The molecule has 3 heterocycles. The predicted octanol–water partition coefficient (Wildman–Crippen LogP) is 4.27. The molecule has 40 heavy (non-hydrogen) atoms. The highest BCUT2D eigenvalue weighted by Crippen LogP contribution is 2.46. The van der Waals surface area contributed by atoms with E-state index < -0.39 is 28.2 Å². The highest BCUT2D eigenvalue weighted by molar-refractivity contribution is 7.89. The molecule has 1 saturated carbocycles. The summed E-state index contributed by atoms with van der Waals surface area (Å²) in [6.07, 6.45) is -2.99. The van der Waals surface area contributed by atoms with E-state index >= 15 is 0 Å². The number of halogens is 3. The number of alkyl carbamates (subject to hydrolysis) is 1. The summed E-state index contributed by atoms with van der Waals surface area (Å²) < 4.78 is 88.5. The molecule has 3 aliphatic rings. The van der Waals surface area contributed by atoms with Crippen molar-refractivity contribution >= 4 is 16.1 Å². The van der Waals surface area contributed by atoms with Crippen molar-refractivity contribution in [2.24, 2.45) is 17.8 Å². The number of nitrogens with zero attached hydrogens (tertiary/aromatic N) is 2. The molecule has 1 aromatic carbocycles. The van der Waals surface area contributed by atoms with E-state index in [1.165, 1.54) is 28.6 Å². The van der Waals surface area contributed by atoms with Gasteiger partial charge in [0.05, 0.1) is 23.8 Å². The topological polar surface area (TPSA) is 120 Å². The second kappa shape index (κ2) is 11.3. The van der Waals surface area contributed by atoms with E-state index in [4.69, 9.17) is 18.6 Å². The Labute approximate surface area is 230 Å². The Morgan fingerprint density at radius 1 is 1.20 bits per heavy atom. The molecule has 1 aromatic heterocycles. The maximum Gasteiger partial charge on any atom is 0.468 e. The lowest BCUT2D eigenvalue weighted by atomic mass is 9.78. The third kappa shape index (κ3) is 6.14. The van der Waals surface area contributed by atoms with E-state index in [0.717, 1.165) is 19.0 Å². The van der Waals surface area contributed by atoms with Crippen LogP contribution in [0.25, 0.3) is 11.3 Å². The number of rotatable bonds is 10. The first-order chi connectivity index (χ1) is 18.9. The minimum atomic E-state index is -4.72. The van der Waals surface area contributed by atoms with Crippen LogP contribution in [-0.4, -0.2) is 68.5 Å². The molecule has 2 aromatic rings. The van der Waals surface area contributed by atoms with Crippen LogP contribution in [0.3, 0.4) is 0 Å². The Bertz CT molecular complexity index is 1290. The largest absolute Gasteiger partial charge is 0.468 e. The molecule has 0 spiro atoms. The molecule has 1 amide bonds. The Morgan fingerprint density at radius 2 is 1.95 bits per heavy atom. The fourth-order valence-corrected chi connectivity index (χ4v) is 7.17. The number of fused-ring (bicyclic) bond motifs is 2. The molecule has 1 N–H and O–H groups in total. The van der Waals surface area contributed by atoms with Crippen molar-refractivity contribution in [2.75, 3.05) is 26.2 Å². The van der Waals surface area contributed by atoms with Crippen LogP contribution in [0, 0.1) is 17.8 Å². The minimum absolute atomic E-state index is 0.0101. The number of carbonyl (C=O) groups excluding carboxylic acids is 1. The van der Waals surface area contributed by atoms with Gasteiger partial charge in [0.1, 0.15) is 6.10 Å². The Morgan fingerprint density at radius 3 is 2.62 bits per heavy atom. The van der Waals surface area contributed by atoms with Gasteiger partial charge in [-0.25, -0.2) is 18.2 Å². The van der Waals surface area contributed by atoms with Crippen LogP contribution in [-0.2, 0) is 30.4 Å². The summed E-state index contributed by atoms with van der Waals surface area (Å²) in [5, 5.41) is 2.71. The summed E-state index contributed by atoms with van der Waals surface area (Å²) >= 11 is 0. The number of amides is 1. The molecule has 3 fully saturated rings. The third-order valence-corrected chi connectivity index (χ3v) is 9.21. The second-order valence-corrected chi connectivity index (χ2v) is 12.8. The lowest BCUT2D eigenvalue weighted by molar-refractivity contribution is -0.156. The number of aromatic nitrogens is 1. The predicted molar refractivity (Wildman–Crippen MR) is 134 cm³/mol. The number of carbonyl (C=O) groups is 1. The number of benzene rings is 1. The molecule has 5 atom stereocenters. The number of hydrogen-bond acceptors (Lipinski definition) is 8. The Balaban J connectivity index is 1.16. The first kappa shape index (κ1) is 28.8. The van der Waals surface area contributed by atoms with E-state index in [-0.39, 0.29) is 66.2 Å². The van der Waals surface area contributed by atoms with Crippen LogP contribution >= 0.6 is 0 Å². The summed E-state index contributed by atoms with van der Waals surface area (Å²) in [6, 6.07) is 5.39. The second-order valence-electron chi connectivity index (χ2n) is 10.8. The monoisotopic (exact) mass is 587 g/mol. The fourth-order valence-electron chi connectivity index (χ4n) is 5.53. The van der Waals surface area contributed by atoms with Gasteiger partial charge in [-0.15, -0.1) is 0 Å². The van der Waals surface area contributed by atoms with Crippen LogP contribution in [0.15, 0.2) is 39.8 Å². The van der Waals surface area contributed by atoms with Crippen molar-refractivity contribution in [1.29, 1.82) is 0 Å². The molecule has 5 unspecified atom stereocenters. The summed E-state index contributed by atoms with van der Waals surface area (Å²) in [6.45, 7) is 4.89. The quantitative estimate of drug-likeness (QED) is 0.409. The first-order valence-electron chi connectivity index (χ1n) is 13.3. The smallest absolute Gasteiger partial charge is 0.443 e. The van der Waals surface area contributed by atoms with Crippen molar-refractivity contribution in [1.82, 2.24) is 14.6 Å². The normalized spacial score (nSPS) is 26.0. The molecule has 1 aliphatic carbocycles. The van der Waals surface area contributed by atoms with E-state index in [0.29, 0.717) is 18.9 Å². The highest BCUT2D eigenvalue weighted by Gasteiger charge is 2.53. The molecule has 220 valence electrons. The van der Waals surface area contributed by atoms with Crippen LogP contribution in [0.4, 0.5) is 18.0 Å². The first-order valence-corrected chi connectivity index (χ1v) is 14.7. The molecule has 2 saturated heterocycles. The van der Waals surface area contributed by atoms with Crippen LogP contribution in [0.1, 0.15) is 39.0 Å². The van der Waals surface area contributed by atoms with Crippen molar-refractivity contribution in [2.45, 2.75) is 62.7 Å². The Kier molecular flexibility index (Phi) is 8.15. The number of hydrogen-bond donors (Lipinski definition) is 1. The Hall–Kier alpha value is -2.68. The molecular weight excluding hydrogens is 555 g/mol. The number of alkyl halides is 3. The maximum atomic E-state index is 13.4. The molecule has 0 radical (unpaired) electrons. The molecule has 3 bridgehead atoms. The van der Waals surface area contributed by atoms with Gasteiger partial charge in [0, 0.05) is 37.0 Å². The average molecular weight is 588 g/mol. The van der Waals surface area contributed by atoms with E-state index in [9.17, 15) is 26.4 Å². The minimum Gasteiger partial charge on any atom is -0.443 e. The molecule has 14 heteroatoms. The van der Waals surface area contributed by atoms with Crippen LogP contribution < -0.4 is 5.32 Å². The van der Waals surface area contributed by atoms with Gasteiger partial charge < -0.3 is 23.9 Å². The van der Waals surface area contributed by atoms with Crippen molar-refractivity contribution in [3.05, 3.63) is 36.4 Å². The molecule has 5 rings (SSSR count).